The summed E-state index contributed by atoms with van der Waals surface area (Å²) in [4.78, 5) is 13.5. The molecule has 240 valence electrons. The van der Waals surface area contributed by atoms with Crippen molar-refractivity contribution in [3.05, 3.63) is 71.5 Å². The molecule has 0 unspecified atom stereocenters. The van der Waals surface area contributed by atoms with Crippen LogP contribution in [0.4, 0.5) is 11.4 Å². The first-order valence-corrected chi connectivity index (χ1v) is 17.4. The van der Waals surface area contributed by atoms with Crippen molar-refractivity contribution in [2.75, 3.05) is 25.0 Å². The van der Waals surface area contributed by atoms with E-state index in [4.69, 9.17) is 6.42 Å². The standard InChI is InChI=1S/C33H39N3O7S2.K/c1-7-19-34-31(37)14-9-8-10-20-36-28-18-16-24(45(41,42)43)22-26(28)33(4,5)30(36)13-11-12-29-32(2,3)25-21-23(44(38,39)40)15-17-27(25)35(29)6;/h1,11-13,15-18,21-22H,8-10,14,19-20H2,2-6H3,(H2-,34,37,38,39,40,41,42,43);/q;+1/p-1. The predicted octanol–water partition coefficient (Wildman–Crippen LogP) is 1.05. The monoisotopic (exact) mass is 691 g/mol. The zero-order valence-electron chi connectivity index (χ0n) is 27.1. The third-order valence-electron chi connectivity index (χ3n) is 8.63. The fourth-order valence-corrected chi connectivity index (χ4v) is 7.22. The van der Waals surface area contributed by atoms with Gasteiger partial charge < -0.3 is 19.3 Å². The number of carbonyl (C=O) groups excluding carboxylic acids is 1. The largest absolute Gasteiger partial charge is 1.00 e. The Bertz CT molecular complexity index is 1890. The number of unbranched alkanes of at least 4 members (excludes halogenated alkanes) is 2. The second kappa shape index (κ2) is 14.6. The summed E-state index contributed by atoms with van der Waals surface area (Å²) in [6.07, 6.45) is 13.6. The van der Waals surface area contributed by atoms with Crippen molar-refractivity contribution in [2.24, 2.45) is 0 Å². The van der Waals surface area contributed by atoms with Crippen molar-refractivity contribution >= 4 is 43.2 Å². The van der Waals surface area contributed by atoms with Crippen LogP contribution in [0.15, 0.2) is 70.1 Å². The average molecular weight is 692 g/mol. The van der Waals surface area contributed by atoms with Crippen molar-refractivity contribution < 1.29 is 86.7 Å². The van der Waals surface area contributed by atoms with Crippen LogP contribution in [0.3, 0.4) is 0 Å². The molecule has 0 saturated carbocycles. The normalized spacial score (nSPS) is 17.5. The van der Waals surface area contributed by atoms with Gasteiger partial charge in [-0.3, -0.25) is 4.79 Å². The molecular weight excluding hydrogens is 654 g/mol. The summed E-state index contributed by atoms with van der Waals surface area (Å²) >= 11 is 0. The van der Waals surface area contributed by atoms with Crippen LogP contribution in [0.2, 0.25) is 0 Å². The number of hydrogen-bond acceptors (Lipinski definition) is 8. The van der Waals surface area contributed by atoms with Gasteiger partial charge in [0.05, 0.1) is 21.8 Å². The second-order valence-electron chi connectivity index (χ2n) is 12.3. The molecule has 1 N–H and O–H groups in total. The van der Waals surface area contributed by atoms with E-state index in [0.29, 0.717) is 19.4 Å². The number of fused-ring (bicyclic) bond motifs is 2. The van der Waals surface area contributed by atoms with E-state index in [-0.39, 0.29) is 73.6 Å². The Morgan fingerprint density at radius 1 is 0.957 bits per heavy atom. The van der Waals surface area contributed by atoms with E-state index in [1.54, 1.807) is 12.1 Å². The van der Waals surface area contributed by atoms with Crippen LogP contribution in [0, 0.1) is 12.3 Å². The number of rotatable bonds is 11. The SMILES string of the molecule is C#CCNC(=O)CCCCCN1/C(=C\C=C\C2=[N+](C)c3ccc(S(=O)(=O)[O-])cc3C2(C)C)C(C)(C)c2cc(S(=O)(=O)[O-])ccc21.[K+]. The number of nitrogens with one attached hydrogen (secondary N) is 1. The van der Waals surface area contributed by atoms with Crippen molar-refractivity contribution in [3.8, 4) is 12.3 Å². The minimum Gasteiger partial charge on any atom is -0.744 e. The second-order valence-corrected chi connectivity index (χ2v) is 15.1. The number of nitrogens with zero attached hydrogens (tertiary/aromatic N) is 2. The van der Waals surface area contributed by atoms with Crippen molar-refractivity contribution in [1.82, 2.24) is 5.32 Å². The molecule has 2 aliphatic rings. The van der Waals surface area contributed by atoms with Gasteiger partial charge in [0.25, 0.3) is 0 Å². The van der Waals surface area contributed by atoms with Gasteiger partial charge >= 0.3 is 51.4 Å². The van der Waals surface area contributed by atoms with Crippen LogP contribution >= 0.6 is 0 Å². The summed E-state index contributed by atoms with van der Waals surface area (Å²) in [5.74, 6) is 2.29. The number of carbonyl (C=O) groups is 1. The maximum atomic E-state index is 11.9. The predicted molar refractivity (Wildman–Crippen MR) is 171 cm³/mol. The van der Waals surface area contributed by atoms with E-state index in [9.17, 15) is 30.7 Å². The molecule has 10 nitrogen and oxygen atoms in total. The van der Waals surface area contributed by atoms with Gasteiger partial charge in [0.15, 0.2) is 5.71 Å². The van der Waals surface area contributed by atoms with E-state index in [2.05, 4.69) is 16.1 Å². The van der Waals surface area contributed by atoms with Crippen LogP contribution in [0.1, 0.15) is 64.5 Å². The molecular formula is C33H38KN3O7S2. The molecule has 0 atom stereocenters. The van der Waals surface area contributed by atoms with E-state index in [1.807, 2.05) is 57.5 Å². The third-order valence-corrected chi connectivity index (χ3v) is 10.3. The summed E-state index contributed by atoms with van der Waals surface area (Å²) in [6, 6.07) is 8.84. The number of amides is 1. The van der Waals surface area contributed by atoms with E-state index >= 15 is 0 Å². The molecule has 0 bridgehead atoms. The molecule has 0 aromatic heterocycles. The van der Waals surface area contributed by atoms with Crippen LogP contribution in [0.5, 0.6) is 0 Å². The minimum absolute atomic E-state index is 0. The smallest absolute Gasteiger partial charge is 0.744 e. The topological polar surface area (TPSA) is 150 Å². The molecule has 2 aromatic carbocycles. The number of hydrogen-bond donors (Lipinski definition) is 1. The van der Waals surface area contributed by atoms with E-state index in [0.717, 1.165) is 46.8 Å². The first-order chi connectivity index (χ1) is 20.9. The summed E-state index contributed by atoms with van der Waals surface area (Å²) in [5, 5.41) is 2.66. The Kier molecular flexibility index (Phi) is 12.1. The van der Waals surface area contributed by atoms with Gasteiger partial charge in [-0.15, -0.1) is 6.42 Å². The van der Waals surface area contributed by atoms with Crippen molar-refractivity contribution in [1.29, 1.82) is 0 Å². The number of terminal acetylenes is 1. The first kappa shape index (κ1) is 38.3. The summed E-state index contributed by atoms with van der Waals surface area (Å²) in [7, 11) is -7.38. The van der Waals surface area contributed by atoms with Crippen LogP contribution in [-0.4, -0.2) is 62.3 Å². The summed E-state index contributed by atoms with van der Waals surface area (Å²) < 4.78 is 72.6. The van der Waals surface area contributed by atoms with Crippen LogP contribution < -0.4 is 61.6 Å². The molecule has 2 aromatic rings. The quantitative estimate of drug-likeness (QED) is 0.121. The molecule has 2 heterocycles. The van der Waals surface area contributed by atoms with Gasteiger partial charge in [-0.05, 0) is 68.7 Å². The third kappa shape index (κ3) is 7.94. The fourth-order valence-electron chi connectivity index (χ4n) is 6.22. The maximum Gasteiger partial charge on any atom is 1.00 e. The molecule has 0 saturated heterocycles. The van der Waals surface area contributed by atoms with Gasteiger partial charge in [-0.2, -0.15) is 4.58 Å². The van der Waals surface area contributed by atoms with Crippen molar-refractivity contribution in [2.45, 2.75) is 74.0 Å². The molecule has 4 rings (SSSR count). The molecule has 0 fully saturated rings. The molecule has 1 amide bonds. The molecule has 46 heavy (non-hydrogen) atoms. The van der Waals surface area contributed by atoms with Crippen LogP contribution in [0.25, 0.3) is 0 Å². The summed E-state index contributed by atoms with van der Waals surface area (Å²) in [5.41, 5.74) is 3.60. The van der Waals surface area contributed by atoms with Gasteiger partial charge in [-0.1, -0.05) is 32.3 Å². The Hall–Kier alpha value is -2.12. The molecule has 2 aliphatic heterocycles. The Morgan fingerprint density at radius 2 is 1.57 bits per heavy atom. The Labute approximate surface area is 315 Å². The zero-order chi connectivity index (χ0) is 33.4. The molecule has 0 radical (unpaired) electrons. The Balaban J connectivity index is 0.00000576. The molecule has 13 heteroatoms. The molecule has 0 aliphatic carbocycles. The average Bonchev–Trinajstić information content (AvgIpc) is 3.28. The minimum atomic E-state index is -4.65. The number of allylic oxidation sites excluding steroid dienone is 4. The van der Waals surface area contributed by atoms with Gasteiger partial charge in [0.2, 0.25) is 11.6 Å². The fraction of sp³-hybridized carbons (Fsp3) is 0.394. The van der Waals surface area contributed by atoms with Crippen LogP contribution in [-0.2, 0) is 35.9 Å². The van der Waals surface area contributed by atoms with E-state index < -0.39 is 31.1 Å². The number of anilines is 1. The van der Waals surface area contributed by atoms with E-state index in [1.165, 1.54) is 24.3 Å². The van der Waals surface area contributed by atoms with Gasteiger partial charge in [0.1, 0.15) is 27.3 Å². The van der Waals surface area contributed by atoms with Gasteiger partial charge in [0, 0.05) is 47.5 Å². The first-order valence-electron chi connectivity index (χ1n) is 14.6. The zero-order valence-corrected chi connectivity index (χ0v) is 31.8. The molecule has 0 spiro atoms. The maximum absolute atomic E-state index is 11.9. The summed E-state index contributed by atoms with van der Waals surface area (Å²) in [6.45, 7) is 8.67. The van der Waals surface area contributed by atoms with Crippen molar-refractivity contribution in [3.63, 3.8) is 0 Å². The van der Waals surface area contributed by atoms with Gasteiger partial charge in [-0.25, -0.2) is 16.8 Å². The Morgan fingerprint density at radius 3 is 2.17 bits per heavy atom. The number of benzene rings is 2.